The van der Waals surface area contributed by atoms with Crippen molar-refractivity contribution in [3.05, 3.63) is 70.7 Å². The molecule has 1 heterocycles. The van der Waals surface area contributed by atoms with Crippen molar-refractivity contribution in [1.29, 1.82) is 0 Å². The molecular formula is C22H23N3O2S2. The summed E-state index contributed by atoms with van der Waals surface area (Å²) in [6.07, 6.45) is 1.07. The van der Waals surface area contributed by atoms with E-state index in [4.69, 9.17) is 0 Å². The lowest BCUT2D eigenvalue weighted by atomic mass is 10.1. The monoisotopic (exact) mass is 425 g/mol. The molecule has 0 saturated heterocycles. The zero-order chi connectivity index (χ0) is 20.6. The Morgan fingerprint density at radius 1 is 1.03 bits per heavy atom. The molecule has 150 valence electrons. The number of aromatic nitrogens is 1. The minimum atomic E-state index is -0.0927. The molecule has 0 saturated carbocycles. The SMILES string of the molecule is CCc1ccccc1NC(=O)Cc1csc(SCC(=O)Nc2ccc(C)cc2)n1. The quantitative estimate of drug-likeness (QED) is 0.502. The normalized spacial score (nSPS) is 10.6. The number of thiazole rings is 1. The Hall–Kier alpha value is -2.64. The minimum Gasteiger partial charge on any atom is -0.325 e. The second-order valence-electron chi connectivity index (χ2n) is 6.54. The van der Waals surface area contributed by atoms with Gasteiger partial charge in [-0.1, -0.05) is 54.6 Å². The third-order valence-electron chi connectivity index (χ3n) is 4.21. The van der Waals surface area contributed by atoms with E-state index in [1.54, 1.807) is 0 Å². The number of rotatable bonds is 8. The van der Waals surface area contributed by atoms with Gasteiger partial charge in [-0.25, -0.2) is 4.98 Å². The first-order valence-electron chi connectivity index (χ1n) is 9.35. The van der Waals surface area contributed by atoms with Crippen molar-refractivity contribution in [1.82, 2.24) is 4.98 Å². The van der Waals surface area contributed by atoms with E-state index in [1.165, 1.54) is 23.1 Å². The van der Waals surface area contributed by atoms with Gasteiger partial charge in [0.2, 0.25) is 11.8 Å². The first-order chi connectivity index (χ1) is 14.0. The second-order valence-corrected chi connectivity index (χ2v) is 8.62. The maximum Gasteiger partial charge on any atom is 0.234 e. The fraction of sp³-hybridized carbons (Fsp3) is 0.227. The number of carbonyl (C=O) groups excluding carboxylic acids is 2. The van der Waals surface area contributed by atoms with Gasteiger partial charge in [-0.15, -0.1) is 11.3 Å². The Bertz CT molecular complexity index is 984. The summed E-state index contributed by atoms with van der Waals surface area (Å²) < 4.78 is 0.779. The molecule has 0 unspecified atom stereocenters. The number of carbonyl (C=O) groups is 2. The van der Waals surface area contributed by atoms with Gasteiger partial charge in [0.05, 0.1) is 17.9 Å². The molecule has 3 rings (SSSR count). The van der Waals surface area contributed by atoms with E-state index in [0.29, 0.717) is 5.69 Å². The number of amides is 2. The van der Waals surface area contributed by atoms with Crippen molar-refractivity contribution in [2.45, 2.75) is 31.0 Å². The number of nitrogens with one attached hydrogen (secondary N) is 2. The average Bonchev–Trinajstić information content (AvgIpc) is 3.16. The Morgan fingerprint density at radius 3 is 2.55 bits per heavy atom. The van der Waals surface area contributed by atoms with E-state index in [1.807, 2.05) is 60.8 Å². The van der Waals surface area contributed by atoms with Crippen molar-refractivity contribution >= 4 is 46.3 Å². The summed E-state index contributed by atoms with van der Waals surface area (Å²) in [4.78, 5) is 28.9. The Balaban J connectivity index is 1.48. The largest absolute Gasteiger partial charge is 0.325 e. The number of benzene rings is 2. The number of para-hydroxylation sites is 1. The maximum absolute atomic E-state index is 12.3. The molecule has 2 aromatic carbocycles. The molecule has 2 N–H and O–H groups in total. The van der Waals surface area contributed by atoms with Crippen LogP contribution in [-0.2, 0) is 22.4 Å². The van der Waals surface area contributed by atoms with Gasteiger partial charge in [-0.2, -0.15) is 0 Å². The van der Waals surface area contributed by atoms with E-state index in [0.717, 1.165) is 33.3 Å². The third-order valence-corrected chi connectivity index (χ3v) is 6.28. The number of thioether (sulfide) groups is 1. The Labute approximate surface area is 179 Å². The van der Waals surface area contributed by atoms with Gasteiger partial charge in [0, 0.05) is 16.8 Å². The standard InChI is InChI=1S/C22H23N3O2S2/c1-3-16-6-4-5-7-19(16)25-20(26)12-18-13-28-22(24-18)29-14-21(27)23-17-10-8-15(2)9-11-17/h4-11,13H,3,12,14H2,1-2H3,(H,23,27)(H,25,26). The highest BCUT2D eigenvalue weighted by Crippen LogP contribution is 2.23. The fourth-order valence-corrected chi connectivity index (χ4v) is 4.35. The van der Waals surface area contributed by atoms with Crippen LogP contribution in [0.3, 0.4) is 0 Å². The first-order valence-corrected chi connectivity index (χ1v) is 11.2. The molecule has 0 bridgehead atoms. The molecule has 0 aliphatic rings. The van der Waals surface area contributed by atoms with Crippen LogP contribution in [0.5, 0.6) is 0 Å². The summed E-state index contributed by atoms with van der Waals surface area (Å²) in [5.74, 6) is 0.103. The summed E-state index contributed by atoms with van der Waals surface area (Å²) in [6.45, 7) is 4.06. The zero-order valence-corrected chi connectivity index (χ0v) is 18.0. The van der Waals surface area contributed by atoms with Crippen LogP contribution >= 0.6 is 23.1 Å². The molecular weight excluding hydrogens is 402 g/mol. The van der Waals surface area contributed by atoms with E-state index in [2.05, 4.69) is 22.5 Å². The molecule has 2 amide bonds. The molecule has 0 fully saturated rings. The Kier molecular flexibility index (Phi) is 7.43. The van der Waals surface area contributed by atoms with Crippen LogP contribution in [0.25, 0.3) is 0 Å². The lowest BCUT2D eigenvalue weighted by Gasteiger charge is -2.08. The molecule has 0 aliphatic heterocycles. The lowest BCUT2D eigenvalue weighted by Crippen LogP contribution is -2.15. The first kappa shape index (κ1) is 21.1. The van der Waals surface area contributed by atoms with E-state index < -0.39 is 0 Å². The molecule has 0 spiro atoms. The Morgan fingerprint density at radius 2 is 1.79 bits per heavy atom. The van der Waals surface area contributed by atoms with Gasteiger partial charge < -0.3 is 10.6 Å². The van der Waals surface area contributed by atoms with Crippen molar-refractivity contribution in [3.8, 4) is 0 Å². The second kappa shape index (κ2) is 10.2. The van der Waals surface area contributed by atoms with Crippen LogP contribution in [0.2, 0.25) is 0 Å². The van der Waals surface area contributed by atoms with Crippen LogP contribution in [0.15, 0.2) is 58.3 Å². The number of anilines is 2. The van der Waals surface area contributed by atoms with Crippen LogP contribution in [0.4, 0.5) is 11.4 Å². The molecule has 7 heteroatoms. The summed E-state index contributed by atoms with van der Waals surface area (Å²) in [5.41, 5.74) is 4.59. The van der Waals surface area contributed by atoms with E-state index in [-0.39, 0.29) is 24.0 Å². The fourth-order valence-electron chi connectivity index (χ4n) is 2.71. The molecule has 0 aliphatic carbocycles. The highest BCUT2D eigenvalue weighted by molar-refractivity contribution is 8.01. The minimum absolute atomic E-state index is 0.0791. The summed E-state index contributed by atoms with van der Waals surface area (Å²) >= 11 is 2.82. The van der Waals surface area contributed by atoms with Gasteiger partial charge >= 0.3 is 0 Å². The average molecular weight is 426 g/mol. The number of nitrogens with zero attached hydrogens (tertiary/aromatic N) is 1. The van der Waals surface area contributed by atoms with Gasteiger partial charge in [0.15, 0.2) is 4.34 Å². The van der Waals surface area contributed by atoms with Gasteiger partial charge in [-0.05, 0) is 37.1 Å². The van der Waals surface area contributed by atoms with E-state index >= 15 is 0 Å². The molecule has 3 aromatic rings. The zero-order valence-electron chi connectivity index (χ0n) is 16.4. The number of aryl methyl sites for hydroxylation is 2. The van der Waals surface area contributed by atoms with Crippen molar-refractivity contribution in [3.63, 3.8) is 0 Å². The summed E-state index contributed by atoms with van der Waals surface area (Å²) in [7, 11) is 0. The predicted octanol–water partition coefficient (Wildman–Crippen LogP) is 4.93. The van der Waals surface area contributed by atoms with Crippen LogP contribution < -0.4 is 10.6 Å². The van der Waals surface area contributed by atoms with Crippen LogP contribution in [0.1, 0.15) is 23.7 Å². The van der Waals surface area contributed by atoms with Crippen LogP contribution in [0, 0.1) is 6.92 Å². The van der Waals surface area contributed by atoms with Crippen molar-refractivity contribution < 1.29 is 9.59 Å². The summed E-state index contributed by atoms with van der Waals surface area (Å²) in [6, 6.07) is 15.5. The predicted molar refractivity (Wildman–Crippen MR) is 121 cm³/mol. The number of hydrogen-bond donors (Lipinski definition) is 2. The molecule has 1 aromatic heterocycles. The maximum atomic E-state index is 12.3. The van der Waals surface area contributed by atoms with Crippen molar-refractivity contribution in [2.75, 3.05) is 16.4 Å². The highest BCUT2D eigenvalue weighted by atomic mass is 32.2. The topological polar surface area (TPSA) is 71.1 Å². The number of hydrogen-bond acceptors (Lipinski definition) is 5. The molecule has 0 atom stereocenters. The van der Waals surface area contributed by atoms with Gasteiger partial charge in [-0.3, -0.25) is 9.59 Å². The highest BCUT2D eigenvalue weighted by Gasteiger charge is 2.11. The van der Waals surface area contributed by atoms with Gasteiger partial charge in [0.1, 0.15) is 0 Å². The third kappa shape index (κ3) is 6.44. The van der Waals surface area contributed by atoms with Crippen LogP contribution in [-0.4, -0.2) is 22.6 Å². The molecule has 0 radical (unpaired) electrons. The lowest BCUT2D eigenvalue weighted by molar-refractivity contribution is -0.116. The van der Waals surface area contributed by atoms with E-state index in [9.17, 15) is 9.59 Å². The smallest absolute Gasteiger partial charge is 0.234 e. The molecule has 5 nitrogen and oxygen atoms in total. The summed E-state index contributed by atoms with van der Waals surface area (Å²) in [5, 5.41) is 7.69. The van der Waals surface area contributed by atoms with Crippen molar-refractivity contribution in [2.24, 2.45) is 0 Å². The molecule has 29 heavy (non-hydrogen) atoms. The van der Waals surface area contributed by atoms with Gasteiger partial charge in [0.25, 0.3) is 0 Å².